The van der Waals surface area contributed by atoms with E-state index in [0.29, 0.717) is 0 Å². The van der Waals surface area contributed by atoms with Gasteiger partial charge in [-0.15, -0.1) is 0 Å². The van der Waals surface area contributed by atoms with Crippen LogP contribution in [0.5, 0.6) is 0 Å². The number of aryl methyl sites for hydroxylation is 1. The first-order valence-corrected chi connectivity index (χ1v) is 20.2. The van der Waals surface area contributed by atoms with E-state index in [2.05, 4.69) is 200 Å². The van der Waals surface area contributed by atoms with E-state index in [9.17, 15) is 0 Å². The predicted octanol–water partition coefficient (Wildman–Crippen LogP) is 11.6. The third-order valence-electron chi connectivity index (χ3n) is 12.5. The van der Waals surface area contributed by atoms with E-state index < -0.39 is 0 Å². The minimum Gasteiger partial charge on any atom is -0.311 e. The molecule has 8 aromatic rings. The van der Waals surface area contributed by atoms with Crippen LogP contribution in [0.3, 0.4) is 0 Å². The minimum atomic E-state index is 0.0484. The van der Waals surface area contributed by atoms with Gasteiger partial charge in [-0.2, -0.15) is 11.3 Å². The van der Waals surface area contributed by atoms with Gasteiger partial charge in [-0.3, -0.25) is 0 Å². The van der Waals surface area contributed by atoms with Crippen LogP contribution in [0.25, 0.3) is 27.5 Å². The van der Waals surface area contributed by atoms with E-state index in [4.69, 9.17) is 0 Å². The summed E-state index contributed by atoms with van der Waals surface area (Å²) in [5.41, 5.74) is 17.0. The molecule has 2 aliphatic heterocycles. The van der Waals surface area contributed by atoms with Crippen LogP contribution in [0.4, 0.5) is 34.1 Å². The van der Waals surface area contributed by atoms with E-state index in [1.54, 1.807) is 10.4 Å². The molecule has 0 saturated carbocycles. The molecule has 0 fully saturated rings. The maximum absolute atomic E-state index is 2.64. The highest BCUT2D eigenvalue weighted by Gasteiger charge is 2.50. The first-order valence-electron chi connectivity index (χ1n) is 19.4. The molecular formula is C49H42BN3S. The summed E-state index contributed by atoms with van der Waals surface area (Å²) in [6.07, 6.45) is 2.37. The van der Waals surface area contributed by atoms with Crippen molar-refractivity contribution in [2.45, 2.75) is 58.3 Å². The Morgan fingerprint density at radius 3 is 1.81 bits per heavy atom. The fourth-order valence-electron chi connectivity index (χ4n) is 9.93. The molecule has 3 aliphatic rings. The van der Waals surface area contributed by atoms with E-state index in [-0.39, 0.29) is 17.5 Å². The molecule has 0 amide bonds. The van der Waals surface area contributed by atoms with Crippen molar-refractivity contribution in [3.05, 3.63) is 156 Å². The van der Waals surface area contributed by atoms with Gasteiger partial charge in [0.2, 0.25) is 0 Å². The van der Waals surface area contributed by atoms with Crippen molar-refractivity contribution in [3.8, 4) is 5.69 Å². The first kappa shape index (κ1) is 32.0. The number of fused-ring (bicyclic) bond motifs is 9. The molecule has 54 heavy (non-hydrogen) atoms. The molecule has 0 radical (unpaired) electrons. The molecule has 0 unspecified atom stereocenters. The normalized spacial score (nSPS) is 16.3. The summed E-state index contributed by atoms with van der Waals surface area (Å²) >= 11 is 2.09. The minimum absolute atomic E-state index is 0.0484. The Labute approximate surface area is 322 Å². The summed E-state index contributed by atoms with van der Waals surface area (Å²) in [4.78, 5) is 6.76. The van der Waals surface area contributed by atoms with Crippen molar-refractivity contribution < 1.29 is 0 Å². The van der Waals surface area contributed by atoms with Crippen molar-refractivity contribution in [1.29, 1.82) is 0 Å². The molecule has 262 valence electrons. The molecule has 4 heterocycles. The second-order valence-electron chi connectivity index (χ2n) is 16.9. The lowest BCUT2D eigenvalue weighted by atomic mass is 9.36. The highest BCUT2D eigenvalue weighted by Crippen LogP contribution is 2.56. The fourth-order valence-corrected chi connectivity index (χ4v) is 11.7. The lowest BCUT2D eigenvalue weighted by Crippen LogP contribution is -2.60. The number of nitrogens with zero attached hydrogens (tertiary/aromatic N) is 3. The Morgan fingerprint density at radius 1 is 0.556 bits per heavy atom. The highest BCUT2D eigenvalue weighted by molar-refractivity contribution is 7.29. The van der Waals surface area contributed by atoms with Crippen LogP contribution in [0.15, 0.2) is 140 Å². The van der Waals surface area contributed by atoms with Gasteiger partial charge in [-0.25, -0.2) is 0 Å². The largest absolute Gasteiger partial charge is 0.311 e. The fraction of sp³-hybridized carbons (Fsp3) is 0.184. The second kappa shape index (κ2) is 11.3. The van der Waals surface area contributed by atoms with Crippen LogP contribution in [0, 0.1) is 6.92 Å². The molecule has 3 nitrogen and oxygen atoms in total. The lowest BCUT2D eigenvalue weighted by Gasteiger charge is -2.45. The summed E-state index contributed by atoms with van der Waals surface area (Å²) in [5, 5.41) is 2.59. The van der Waals surface area contributed by atoms with Crippen molar-refractivity contribution in [1.82, 2.24) is 4.57 Å². The molecule has 0 bridgehead atoms. The van der Waals surface area contributed by atoms with Crippen molar-refractivity contribution in [2.24, 2.45) is 0 Å². The quantitative estimate of drug-likeness (QED) is 0.169. The van der Waals surface area contributed by atoms with Crippen LogP contribution >= 0.6 is 11.3 Å². The summed E-state index contributed by atoms with van der Waals surface area (Å²) in [5.74, 6) is 0. The number of rotatable bonds is 3. The molecule has 2 aromatic heterocycles. The summed E-state index contributed by atoms with van der Waals surface area (Å²) in [6.45, 7) is 12.3. The SMILES string of the molecule is Cc1cc2c3c(c1)N(c1ccccc1)c1c(sc4c1C(C)(C)CCC4(C)C)B3c1cc3c4ccccc4n(-c4ccccc4)c3cc1N2c1ccccc1. The van der Waals surface area contributed by atoms with Gasteiger partial charge < -0.3 is 14.4 Å². The van der Waals surface area contributed by atoms with Gasteiger partial charge in [0.1, 0.15) is 0 Å². The zero-order valence-corrected chi connectivity index (χ0v) is 32.3. The van der Waals surface area contributed by atoms with Crippen LogP contribution in [0.1, 0.15) is 56.5 Å². The van der Waals surface area contributed by atoms with Gasteiger partial charge in [-0.1, -0.05) is 107 Å². The predicted molar refractivity (Wildman–Crippen MR) is 233 cm³/mol. The molecule has 0 saturated heterocycles. The molecule has 11 rings (SSSR count). The van der Waals surface area contributed by atoms with Crippen molar-refractivity contribution >= 4 is 89.7 Å². The Kier molecular flexibility index (Phi) is 6.66. The van der Waals surface area contributed by atoms with Crippen LogP contribution in [-0.2, 0) is 10.8 Å². The number of benzene rings is 6. The van der Waals surface area contributed by atoms with Gasteiger partial charge in [0.25, 0.3) is 6.71 Å². The summed E-state index contributed by atoms with van der Waals surface area (Å²) < 4.78 is 3.94. The number of thiophene rings is 1. The number of para-hydroxylation sites is 4. The topological polar surface area (TPSA) is 11.4 Å². The maximum Gasteiger partial charge on any atom is 0.264 e. The molecular weight excluding hydrogens is 673 g/mol. The summed E-state index contributed by atoms with van der Waals surface area (Å²) in [6, 6.07) is 51.9. The molecule has 1 aliphatic carbocycles. The Morgan fingerprint density at radius 2 is 1.13 bits per heavy atom. The third-order valence-corrected chi connectivity index (χ3v) is 14.1. The smallest absolute Gasteiger partial charge is 0.264 e. The van der Waals surface area contributed by atoms with Gasteiger partial charge in [0, 0.05) is 54.6 Å². The highest BCUT2D eigenvalue weighted by atomic mass is 32.1. The van der Waals surface area contributed by atoms with Crippen molar-refractivity contribution in [3.63, 3.8) is 0 Å². The average Bonchev–Trinajstić information content (AvgIpc) is 3.75. The van der Waals surface area contributed by atoms with Gasteiger partial charge in [0.15, 0.2) is 0 Å². The standard InChI is InChI=1S/C49H42BN3S/c1-31-27-41-44-42(28-31)53(34-21-13-8-14-22-34)45-43-46(49(4,5)26-25-48(43,2)3)54-47(45)50(44)37-29-36-35-23-15-16-24-38(35)51(32-17-9-6-10-18-32)39(36)30-40(37)52(41)33-19-11-7-12-20-33/h6-24,27-30H,25-26H2,1-5H3. The number of hydrogen-bond donors (Lipinski definition) is 0. The number of aromatic nitrogens is 1. The maximum atomic E-state index is 2.64. The zero-order chi connectivity index (χ0) is 36.5. The summed E-state index contributed by atoms with van der Waals surface area (Å²) in [7, 11) is 0. The zero-order valence-electron chi connectivity index (χ0n) is 31.5. The van der Waals surface area contributed by atoms with Crippen LogP contribution < -0.4 is 25.5 Å². The molecule has 0 N–H and O–H groups in total. The van der Waals surface area contributed by atoms with Crippen LogP contribution in [-0.4, -0.2) is 11.3 Å². The Bertz CT molecular complexity index is 2800. The molecule has 0 atom stereocenters. The average molecular weight is 716 g/mol. The monoisotopic (exact) mass is 715 g/mol. The van der Waals surface area contributed by atoms with E-state index in [0.717, 1.165) is 0 Å². The number of anilines is 6. The van der Waals surface area contributed by atoms with E-state index >= 15 is 0 Å². The van der Waals surface area contributed by atoms with Crippen molar-refractivity contribution in [2.75, 3.05) is 9.80 Å². The first-order chi connectivity index (χ1) is 26.2. The lowest BCUT2D eigenvalue weighted by molar-refractivity contribution is 0.339. The van der Waals surface area contributed by atoms with Gasteiger partial charge in [-0.05, 0) is 113 Å². The third kappa shape index (κ3) is 4.36. The van der Waals surface area contributed by atoms with Gasteiger partial charge in [0.05, 0.1) is 16.7 Å². The van der Waals surface area contributed by atoms with E-state index in [1.165, 1.54) is 95.7 Å². The van der Waals surface area contributed by atoms with E-state index in [1.807, 2.05) is 0 Å². The Hall–Kier alpha value is -5.52. The van der Waals surface area contributed by atoms with Gasteiger partial charge >= 0.3 is 0 Å². The molecule has 0 spiro atoms. The molecule has 6 aromatic carbocycles. The molecule has 5 heteroatoms. The number of hydrogen-bond acceptors (Lipinski definition) is 3. The van der Waals surface area contributed by atoms with Crippen LogP contribution in [0.2, 0.25) is 0 Å². The second-order valence-corrected chi connectivity index (χ2v) is 17.9. The Balaban J connectivity index is 1.31.